The third-order valence-electron chi connectivity index (χ3n) is 9.01. The molecule has 2 bridgehead atoms. The summed E-state index contributed by atoms with van der Waals surface area (Å²) >= 11 is 6.47. The SMILES string of the molecule is CCCCCC12CCC(c3ccc(CCc4ccc(OC(=O)CC)cc4Cl)c(C#N)c3C#N)(CC1)CC2. The number of halogens is 1. The van der Waals surface area contributed by atoms with Gasteiger partial charge in [0.05, 0.1) is 11.1 Å². The van der Waals surface area contributed by atoms with E-state index < -0.39 is 0 Å². The van der Waals surface area contributed by atoms with E-state index in [1.165, 1.54) is 44.9 Å². The van der Waals surface area contributed by atoms with Gasteiger partial charge in [-0.15, -0.1) is 0 Å². The smallest absolute Gasteiger partial charge is 0.310 e. The first-order valence-electron chi connectivity index (χ1n) is 13.8. The predicted molar refractivity (Wildman–Crippen MR) is 147 cm³/mol. The van der Waals surface area contributed by atoms with Crippen LogP contribution in [0, 0.1) is 28.1 Å². The maximum atomic E-state index is 11.6. The molecule has 0 aliphatic heterocycles. The van der Waals surface area contributed by atoms with E-state index in [-0.39, 0.29) is 11.4 Å². The summed E-state index contributed by atoms with van der Waals surface area (Å²) in [5.74, 6) is 0.132. The Morgan fingerprint density at radius 1 is 0.919 bits per heavy atom. The van der Waals surface area contributed by atoms with Crippen LogP contribution in [0.1, 0.15) is 112 Å². The second-order valence-corrected chi connectivity index (χ2v) is 11.5. The molecular formula is C32H37ClN2O2. The summed E-state index contributed by atoms with van der Waals surface area (Å²) in [7, 11) is 0. The van der Waals surface area contributed by atoms with Gasteiger partial charge < -0.3 is 4.74 Å². The van der Waals surface area contributed by atoms with Crippen molar-refractivity contribution in [3.05, 3.63) is 63.2 Å². The molecule has 0 spiro atoms. The summed E-state index contributed by atoms with van der Waals surface area (Å²) in [4.78, 5) is 11.6. The zero-order chi connectivity index (χ0) is 26.5. The molecule has 5 heteroatoms. The molecule has 5 rings (SSSR count). The highest BCUT2D eigenvalue weighted by Crippen LogP contribution is 2.60. The Bertz CT molecular complexity index is 1210. The van der Waals surface area contributed by atoms with Crippen molar-refractivity contribution in [1.82, 2.24) is 0 Å². The first kappa shape index (κ1) is 27.2. The summed E-state index contributed by atoms with van der Waals surface area (Å²) < 4.78 is 5.25. The summed E-state index contributed by atoms with van der Waals surface area (Å²) in [6.07, 6.45) is 13.9. The molecule has 37 heavy (non-hydrogen) atoms. The fourth-order valence-electron chi connectivity index (χ4n) is 6.60. The van der Waals surface area contributed by atoms with Crippen LogP contribution in [0.15, 0.2) is 30.3 Å². The van der Waals surface area contributed by atoms with E-state index in [9.17, 15) is 15.3 Å². The number of hydrogen-bond acceptors (Lipinski definition) is 4. The van der Waals surface area contributed by atoms with Gasteiger partial charge in [0.1, 0.15) is 17.9 Å². The number of carbonyl (C=O) groups is 1. The molecule has 0 unspecified atom stereocenters. The van der Waals surface area contributed by atoms with Gasteiger partial charge in [0, 0.05) is 11.4 Å². The van der Waals surface area contributed by atoms with E-state index in [2.05, 4.69) is 31.2 Å². The quantitative estimate of drug-likeness (QED) is 0.180. The van der Waals surface area contributed by atoms with Crippen molar-refractivity contribution in [2.75, 3.05) is 0 Å². The molecule has 0 aromatic heterocycles. The van der Waals surface area contributed by atoms with E-state index in [1.807, 2.05) is 6.07 Å². The van der Waals surface area contributed by atoms with Crippen LogP contribution in [0.2, 0.25) is 5.02 Å². The van der Waals surface area contributed by atoms with Crippen molar-refractivity contribution in [3.63, 3.8) is 0 Å². The van der Waals surface area contributed by atoms with Crippen LogP contribution in [0.25, 0.3) is 0 Å². The Morgan fingerprint density at radius 2 is 1.57 bits per heavy atom. The second kappa shape index (κ2) is 11.7. The number of benzene rings is 2. The van der Waals surface area contributed by atoms with Gasteiger partial charge >= 0.3 is 5.97 Å². The molecule has 0 atom stereocenters. The molecule has 0 radical (unpaired) electrons. The Balaban J connectivity index is 1.51. The fraction of sp³-hybridized carbons (Fsp3) is 0.531. The topological polar surface area (TPSA) is 73.9 Å². The van der Waals surface area contributed by atoms with Crippen molar-refractivity contribution < 1.29 is 9.53 Å². The van der Waals surface area contributed by atoms with E-state index in [4.69, 9.17) is 16.3 Å². The number of esters is 1. The molecule has 2 aromatic carbocycles. The van der Waals surface area contributed by atoms with Crippen LogP contribution in [0.4, 0.5) is 0 Å². The third-order valence-corrected chi connectivity index (χ3v) is 9.36. The van der Waals surface area contributed by atoms with E-state index in [0.29, 0.717) is 46.6 Å². The number of aryl methyl sites for hydroxylation is 2. The average Bonchev–Trinajstić information content (AvgIpc) is 2.93. The van der Waals surface area contributed by atoms with Gasteiger partial charge in [0.25, 0.3) is 0 Å². The molecule has 2 aromatic rings. The highest BCUT2D eigenvalue weighted by atomic mass is 35.5. The maximum Gasteiger partial charge on any atom is 0.310 e. The number of fused-ring (bicyclic) bond motifs is 3. The molecule has 0 saturated heterocycles. The fourth-order valence-corrected chi connectivity index (χ4v) is 6.86. The number of ether oxygens (including phenoxy) is 1. The number of unbranched alkanes of at least 4 members (excludes halogenated alkanes) is 2. The Kier molecular flexibility index (Phi) is 8.61. The number of carbonyl (C=O) groups excluding carboxylic acids is 1. The van der Waals surface area contributed by atoms with E-state index in [1.54, 1.807) is 19.1 Å². The highest BCUT2D eigenvalue weighted by Gasteiger charge is 2.49. The minimum Gasteiger partial charge on any atom is -0.426 e. The summed E-state index contributed by atoms with van der Waals surface area (Å²) in [5.41, 5.74) is 4.54. The molecule has 3 aliphatic rings. The van der Waals surface area contributed by atoms with Crippen molar-refractivity contribution in [2.45, 2.75) is 103 Å². The largest absolute Gasteiger partial charge is 0.426 e. The molecule has 3 fully saturated rings. The van der Waals surface area contributed by atoms with Gasteiger partial charge in [-0.25, -0.2) is 0 Å². The molecule has 3 saturated carbocycles. The summed E-state index contributed by atoms with van der Waals surface area (Å²) in [5, 5.41) is 20.8. The molecule has 194 valence electrons. The molecule has 0 amide bonds. The van der Waals surface area contributed by atoms with E-state index >= 15 is 0 Å². The summed E-state index contributed by atoms with van der Waals surface area (Å²) in [6, 6.07) is 14.3. The lowest BCUT2D eigenvalue weighted by Gasteiger charge is -2.54. The molecule has 0 heterocycles. The van der Waals surface area contributed by atoms with Crippen LogP contribution in [0.5, 0.6) is 5.75 Å². The van der Waals surface area contributed by atoms with Gasteiger partial charge in [0.15, 0.2) is 0 Å². The highest BCUT2D eigenvalue weighted by molar-refractivity contribution is 6.31. The monoisotopic (exact) mass is 516 g/mol. The number of rotatable bonds is 10. The molecule has 4 nitrogen and oxygen atoms in total. The Hall–Kier alpha value is -2.82. The zero-order valence-electron chi connectivity index (χ0n) is 22.2. The first-order valence-corrected chi connectivity index (χ1v) is 14.2. The van der Waals surface area contributed by atoms with Crippen molar-refractivity contribution in [1.29, 1.82) is 10.5 Å². The van der Waals surface area contributed by atoms with Gasteiger partial charge in [0.2, 0.25) is 0 Å². The second-order valence-electron chi connectivity index (χ2n) is 11.1. The molecule has 0 N–H and O–H groups in total. The predicted octanol–water partition coefficient (Wildman–Crippen LogP) is 8.36. The van der Waals surface area contributed by atoms with Gasteiger partial charge in [-0.1, -0.05) is 62.9 Å². The minimum atomic E-state index is -0.302. The van der Waals surface area contributed by atoms with Crippen molar-refractivity contribution >= 4 is 17.6 Å². The van der Waals surface area contributed by atoms with Gasteiger partial charge in [-0.3, -0.25) is 4.79 Å². The Labute approximate surface area is 226 Å². The third kappa shape index (κ3) is 5.71. The molecular weight excluding hydrogens is 480 g/mol. The normalized spacial score (nSPS) is 22.3. The lowest BCUT2D eigenvalue weighted by Crippen LogP contribution is -2.44. The van der Waals surface area contributed by atoms with Gasteiger partial charge in [-0.2, -0.15) is 10.5 Å². The number of hydrogen-bond donors (Lipinski definition) is 0. The zero-order valence-corrected chi connectivity index (χ0v) is 22.9. The lowest BCUT2D eigenvalue weighted by molar-refractivity contribution is -0.134. The van der Waals surface area contributed by atoms with Crippen molar-refractivity contribution in [2.24, 2.45) is 5.41 Å². The van der Waals surface area contributed by atoms with Crippen LogP contribution in [0.3, 0.4) is 0 Å². The van der Waals surface area contributed by atoms with Crippen LogP contribution in [-0.4, -0.2) is 5.97 Å². The average molecular weight is 517 g/mol. The van der Waals surface area contributed by atoms with E-state index in [0.717, 1.165) is 36.0 Å². The lowest BCUT2D eigenvalue weighted by atomic mass is 9.50. The maximum absolute atomic E-state index is 11.6. The molecule has 3 aliphatic carbocycles. The Morgan fingerprint density at radius 3 is 2.16 bits per heavy atom. The number of nitrogens with zero attached hydrogens (tertiary/aromatic N) is 2. The van der Waals surface area contributed by atoms with Crippen molar-refractivity contribution in [3.8, 4) is 17.9 Å². The van der Waals surface area contributed by atoms with Crippen LogP contribution < -0.4 is 4.74 Å². The van der Waals surface area contributed by atoms with Crippen LogP contribution in [-0.2, 0) is 23.1 Å². The summed E-state index contributed by atoms with van der Waals surface area (Å²) in [6.45, 7) is 4.01. The van der Waals surface area contributed by atoms with Gasteiger partial charge in [-0.05, 0) is 97.4 Å². The minimum absolute atomic E-state index is 0.0385. The number of nitriles is 2. The first-order chi connectivity index (χ1) is 17.9. The standard InChI is InChI=1S/C32H37ClN2O2/c1-3-5-6-13-31-14-17-32(18-15-31,19-16-31)28-12-10-23(26(21-34)27(28)22-35)7-8-24-9-11-25(20-29(24)33)37-30(36)4-2/h9-12,20H,3-8,13-19H2,1-2H3. The van der Waals surface area contributed by atoms with Crippen LogP contribution >= 0.6 is 11.6 Å².